The van der Waals surface area contributed by atoms with Crippen molar-refractivity contribution in [2.75, 3.05) is 0 Å². The number of allylic oxidation sites excluding steroid dienone is 1. The fraction of sp³-hybridized carbons (Fsp3) is 0. The van der Waals surface area contributed by atoms with Crippen LogP contribution in [0.5, 0.6) is 0 Å². The average Bonchev–Trinajstić information content (AvgIpc) is 2.43. The summed E-state index contributed by atoms with van der Waals surface area (Å²) in [5, 5.41) is 18.8. The number of hydrogen-bond donors (Lipinski definition) is 1. The van der Waals surface area contributed by atoms with Gasteiger partial charge in [0.05, 0.1) is 6.26 Å². The largest absolute Gasteiger partial charge is 0.514 e. The van der Waals surface area contributed by atoms with E-state index in [0.29, 0.717) is 5.57 Å². The molecule has 1 heterocycles. The zero-order chi connectivity index (χ0) is 7.40. The van der Waals surface area contributed by atoms with Crippen LogP contribution in [0, 0.1) is 11.3 Å². The van der Waals surface area contributed by atoms with E-state index < -0.39 is 0 Å². The summed E-state index contributed by atoms with van der Waals surface area (Å²) < 4.78 is 0. The van der Waals surface area contributed by atoms with E-state index in [1.165, 1.54) is 11.3 Å². The van der Waals surface area contributed by atoms with E-state index in [0.717, 1.165) is 11.1 Å². The lowest BCUT2D eigenvalue weighted by atomic mass is 10.3. The molecule has 1 rings (SSSR count). The number of aliphatic hydroxyl groups excluding tert-OH is 1. The van der Waals surface area contributed by atoms with E-state index >= 15 is 0 Å². The molecule has 0 aromatic carbocycles. The molecule has 0 fully saturated rings. The van der Waals surface area contributed by atoms with Crippen LogP contribution in [0.4, 0.5) is 0 Å². The van der Waals surface area contributed by atoms with Crippen LogP contribution >= 0.6 is 11.3 Å². The Bertz CT molecular complexity index is 268. The normalized spacial score (nSPS) is 10.9. The van der Waals surface area contributed by atoms with Crippen molar-refractivity contribution >= 4 is 16.9 Å². The summed E-state index contributed by atoms with van der Waals surface area (Å²) >= 11 is 1.43. The molecule has 0 atom stereocenters. The topological polar surface area (TPSA) is 44.0 Å². The summed E-state index contributed by atoms with van der Waals surface area (Å²) in [6, 6.07) is 5.50. The molecule has 0 aliphatic heterocycles. The summed E-state index contributed by atoms with van der Waals surface area (Å²) in [4.78, 5) is 0.796. The van der Waals surface area contributed by atoms with Crippen LogP contribution in [-0.2, 0) is 0 Å². The van der Waals surface area contributed by atoms with E-state index in [2.05, 4.69) is 0 Å². The lowest BCUT2D eigenvalue weighted by Gasteiger charge is -1.86. The number of aliphatic hydroxyl groups is 1. The quantitative estimate of drug-likeness (QED) is 0.493. The molecule has 1 aromatic heterocycles. The lowest BCUT2D eigenvalue weighted by Crippen LogP contribution is -1.71. The first-order chi connectivity index (χ1) is 4.88. The molecule has 1 N–H and O–H groups in total. The Morgan fingerprint density at radius 1 is 1.80 bits per heavy atom. The highest BCUT2D eigenvalue weighted by Crippen LogP contribution is 2.17. The number of nitrogens with zero attached hydrogens (tertiary/aromatic N) is 1. The number of thiophene rings is 1. The highest BCUT2D eigenvalue weighted by Gasteiger charge is 1.98. The minimum Gasteiger partial charge on any atom is -0.514 e. The van der Waals surface area contributed by atoms with E-state index in [4.69, 9.17) is 10.4 Å². The fourth-order valence-electron chi connectivity index (χ4n) is 0.579. The fourth-order valence-corrected chi connectivity index (χ4v) is 1.27. The maximum atomic E-state index is 8.52. The molecular formula is C7H5NOS. The zero-order valence-corrected chi connectivity index (χ0v) is 5.93. The molecule has 3 heteroatoms. The minimum absolute atomic E-state index is 0.315. The Labute approximate surface area is 62.7 Å². The van der Waals surface area contributed by atoms with E-state index in [9.17, 15) is 0 Å². The van der Waals surface area contributed by atoms with Crippen molar-refractivity contribution in [3.63, 3.8) is 0 Å². The van der Waals surface area contributed by atoms with Gasteiger partial charge in [0.1, 0.15) is 11.6 Å². The van der Waals surface area contributed by atoms with Gasteiger partial charge < -0.3 is 5.11 Å². The van der Waals surface area contributed by atoms with E-state index in [1.807, 2.05) is 17.5 Å². The number of hydrogen-bond acceptors (Lipinski definition) is 3. The van der Waals surface area contributed by atoms with Gasteiger partial charge in [0.25, 0.3) is 0 Å². The van der Waals surface area contributed by atoms with Gasteiger partial charge in [-0.15, -0.1) is 11.3 Å². The van der Waals surface area contributed by atoms with Gasteiger partial charge in [-0.05, 0) is 11.4 Å². The van der Waals surface area contributed by atoms with Crippen LogP contribution in [0.15, 0.2) is 23.8 Å². The highest BCUT2D eigenvalue weighted by molar-refractivity contribution is 7.11. The standard InChI is InChI=1S/C7H5NOS/c8-4-6(5-9)7-2-1-3-10-7/h1-3,5,9H. The van der Waals surface area contributed by atoms with Gasteiger partial charge in [-0.2, -0.15) is 5.26 Å². The molecule has 0 saturated heterocycles. The molecule has 2 nitrogen and oxygen atoms in total. The SMILES string of the molecule is N#CC(=CO)c1cccs1. The summed E-state index contributed by atoms with van der Waals surface area (Å²) in [6.45, 7) is 0. The molecule has 0 radical (unpaired) electrons. The molecule has 0 aliphatic carbocycles. The predicted molar refractivity (Wildman–Crippen MR) is 40.5 cm³/mol. The van der Waals surface area contributed by atoms with Crippen molar-refractivity contribution in [3.8, 4) is 6.07 Å². The molecule has 1 aromatic rings. The Hall–Kier alpha value is -1.27. The lowest BCUT2D eigenvalue weighted by molar-refractivity contribution is 0.476. The monoisotopic (exact) mass is 151 g/mol. The molecule has 0 saturated carbocycles. The maximum absolute atomic E-state index is 8.52. The van der Waals surface area contributed by atoms with Crippen molar-refractivity contribution < 1.29 is 5.11 Å². The smallest absolute Gasteiger partial charge is 0.104 e. The van der Waals surface area contributed by atoms with Crippen LogP contribution in [-0.4, -0.2) is 5.11 Å². The summed E-state index contributed by atoms with van der Waals surface area (Å²) in [7, 11) is 0. The van der Waals surface area contributed by atoms with Crippen molar-refractivity contribution in [3.05, 3.63) is 28.7 Å². The van der Waals surface area contributed by atoms with Gasteiger partial charge in [-0.3, -0.25) is 0 Å². The highest BCUT2D eigenvalue weighted by atomic mass is 32.1. The second kappa shape index (κ2) is 3.04. The molecule has 0 aliphatic rings. The zero-order valence-electron chi connectivity index (χ0n) is 5.11. The minimum atomic E-state index is 0.315. The van der Waals surface area contributed by atoms with E-state index in [1.54, 1.807) is 6.07 Å². The predicted octanol–water partition coefficient (Wildman–Crippen LogP) is 2.17. The van der Waals surface area contributed by atoms with Crippen LogP contribution in [0.1, 0.15) is 4.88 Å². The van der Waals surface area contributed by atoms with Crippen molar-refractivity contribution in [1.29, 1.82) is 5.26 Å². The van der Waals surface area contributed by atoms with Crippen LogP contribution in [0.2, 0.25) is 0 Å². The third-order valence-corrected chi connectivity index (χ3v) is 1.94. The second-order valence-corrected chi connectivity index (χ2v) is 2.58. The van der Waals surface area contributed by atoms with Crippen LogP contribution in [0.3, 0.4) is 0 Å². The summed E-state index contributed by atoms with van der Waals surface area (Å²) in [5.74, 6) is 0. The van der Waals surface area contributed by atoms with Gasteiger partial charge in [0, 0.05) is 4.88 Å². The van der Waals surface area contributed by atoms with Crippen molar-refractivity contribution in [1.82, 2.24) is 0 Å². The summed E-state index contributed by atoms with van der Waals surface area (Å²) in [5.41, 5.74) is 0.315. The summed E-state index contributed by atoms with van der Waals surface area (Å²) in [6.07, 6.45) is 0.825. The first-order valence-electron chi connectivity index (χ1n) is 2.67. The molecule has 0 spiro atoms. The molecule has 0 amide bonds. The Morgan fingerprint density at radius 2 is 2.60 bits per heavy atom. The first kappa shape index (κ1) is 6.84. The van der Waals surface area contributed by atoms with Gasteiger partial charge >= 0.3 is 0 Å². The molecular weight excluding hydrogens is 146 g/mol. The van der Waals surface area contributed by atoms with Gasteiger partial charge in [0.2, 0.25) is 0 Å². The van der Waals surface area contributed by atoms with Crippen molar-refractivity contribution in [2.45, 2.75) is 0 Å². The Kier molecular flexibility index (Phi) is 2.08. The number of rotatable bonds is 1. The Morgan fingerprint density at radius 3 is 3.00 bits per heavy atom. The van der Waals surface area contributed by atoms with E-state index in [-0.39, 0.29) is 0 Å². The van der Waals surface area contributed by atoms with Crippen molar-refractivity contribution in [2.24, 2.45) is 0 Å². The third kappa shape index (κ3) is 1.17. The van der Waals surface area contributed by atoms with Gasteiger partial charge in [-0.1, -0.05) is 6.07 Å². The molecule has 0 unspecified atom stereocenters. The van der Waals surface area contributed by atoms with Crippen LogP contribution in [0.25, 0.3) is 5.57 Å². The average molecular weight is 151 g/mol. The number of nitriles is 1. The van der Waals surface area contributed by atoms with Gasteiger partial charge in [-0.25, -0.2) is 0 Å². The maximum Gasteiger partial charge on any atom is 0.104 e. The second-order valence-electron chi connectivity index (χ2n) is 1.63. The molecule has 0 bridgehead atoms. The molecule has 10 heavy (non-hydrogen) atoms. The van der Waals surface area contributed by atoms with Gasteiger partial charge in [0.15, 0.2) is 0 Å². The Balaban J connectivity index is 2.99. The molecule has 50 valence electrons. The third-order valence-electron chi connectivity index (χ3n) is 1.04. The first-order valence-corrected chi connectivity index (χ1v) is 3.55. The van der Waals surface area contributed by atoms with Crippen LogP contribution < -0.4 is 0 Å².